The van der Waals surface area contributed by atoms with Gasteiger partial charge in [-0.2, -0.15) is 0 Å². The van der Waals surface area contributed by atoms with E-state index in [0.717, 1.165) is 36.8 Å². The van der Waals surface area contributed by atoms with E-state index in [1.165, 1.54) is 5.56 Å². The minimum atomic E-state index is -1.05. The molecule has 1 fully saturated rings. The molecule has 1 N–H and O–H groups in total. The summed E-state index contributed by atoms with van der Waals surface area (Å²) < 4.78 is 18.8. The number of carbonyl (C=O) groups is 1. The molecule has 0 amide bonds. The summed E-state index contributed by atoms with van der Waals surface area (Å²) in [6.07, 6.45) is 3.37. The molecule has 0 aromatic heterocycles. The first-order chi connectivity index (χ1) is 18.7. The molecule has 1 aliphatic heterocycles. The summed E-state index contributed by atoms with van der Waals surface area (Å²) in [5.41, 5.74) is 2.91. The van der Waals surface area contributed by atoms with Gasteiger partial charge in [0.1, 0.15) is 17.2 Å². The van der Waals surface area contributed by atoms with Crippen molar-refractivity contribution in [2.75, 3.05) is 6.61 Å². The fourth-order valence-corrected chi connectivity index (χ4v) is 5.47. The van der Waals surface area contributed by atoms with Crippen LogP contribution >= 0.6 is 23.2 Å². The molecule has 0 radical (unpaired) electrons. The lowest BCUT2D eigenvalue weighted by Crippen LogP contribution is -2.36. The summed E-state index contributed by atoms with van der Waals surface area (Å²) in [6, 6.07) is 20.5. The zero-order valence-corrected chi connectivity index (χ0v) is 23.8. The predicted octanol–water partition coefficient (Wildman–Crippen LogP) is 9.25. The average molecular weight is 570 g/mol. The maximum Gasteiger partial charge on any atom is 0.341 e. The number of carboxylic acids is 1. The highest BCUT2D eigenvalue weighted by molar-refractivity contribution is 6.30. The van der Waals surface area contributed by atoms with E-state index in [-0.39, 0.29) is 24.0 Å². The van der Waals surface area contributed by atoms with E-state index in [1.807, 2.05) is 37.3 Å². The summed E-state index contributed by atoms with van der Waals surface area (Å²) in [7, 11) is 0. The van der Waals surface area contributed by atoms with Crippen molar-refractivity contribution in [1.82, 2.24) is 0 Å². The van der Waals surface area contributed by atoms with E-state index in [4.69, 9.17) is 37.4 Å². The monoisotopic (exact) mass is 568 g/mol. The number of carboxylic acid groups (broad SMARTS) is 1. The number of rotatable bonds is 11. The third kappa shape index (κ3) is 7.57. The maximum absolute atomic E-state index is 11.3. The number of unbranched alkanes of at least 4 members (excludes halogenated alkanes) is 1. The molecule has 206 valence electrons. The Kier molecular flexibility index (Phi) is 9.95. The Bertz CT molecular complexity index is 1290. The number of aliphatic carboxylic acids is 1. The highest BCUT2D eigenvalue weighted by Gasteiger charge is 2.40. The molecule has 1 aliphatic rings. The second kappa shape index (κ2) is 13.4. The molecular weight excluding hydrogens is 535 g/mol. The highest BCUT2D eigenvalue weighted by Crippen LogP contribution is 2.50. The van der Waals surface area contributed by atoms with Gasteiger partial charge in [0.05, 0.1) is 12.2 Å². The lowest BCUT2D eigenvalue weighted by Gasteiger charge is -2.43. The number of halogens is 2. The van der Waals surface area contributed by atoms with Crippen LogP contribution in [0.4, 0.5) is 0 Å². The van der Waals surface area contributed by atoms with Gasteiger partial charge < -0.3 is 19.3 Å². The molecule has 4 atom stereocenters. The average Bonchev–Trinajstić information content (AvgIpc) is 2.91. The minimum Gasteiger partial charge on any atom is -0.482 e. The van der Waals surface area contributed by atoms with Crippen LogP contribution in [0, 0.1) is 5.92 Å². The van der Waals surface area contributed by atoms with E-state index in [2.05, 4.69) is 25.6 Å². The Morgan fingerprint density at radius 3 is 2.46 bits per heavy atom. The first-order valence-corrected chi connectivity index (χ1v) is 14.0. The summed E-state index contributed by atoms with van der Waals surface area (Å²) >= 11 is 12.3. The summed E-state index contributed by atoms with van der Waals surface area (Å²) in [4.78, 5) is 11.3. The van der Waals surface area contributed by atoms with Crippen molar-refractivity contribution in [3.8, 4) is 17.2 Å². The lowest BCUT2D eigenvalue weighted by molar-refractivity contribution is -0.139. The Labute approximate surface area is 240 Å². The molecule has 4 rings (SSSR count). The van der Waals surface area contributed by atoms with Crippen LogP contribution in [-0.2, 0) is 9.53 Å². The number of hydrogen-bond acceptors (Lipinski definition) is 4. The van der Waals surface area contributed by atoms with Gasteiger partial charge in [0.2, 0.25) is 0 Å². The van der Waals surface area contributed by atoms with Crippen molar-refractivity contribution < 1.29 is 24.1 Å². The zero-order valence-electron chi connectivity index (χ0n) is 22.2. The van der Waals surface area contributed by atoms with Gasteiger partial charge in [-0.25, -0.2) is 4.79 Å². The summed E-state index contributed by atoms with van der Waals surface area (Å²) in [5.74, 6) is 0.704. The van der Waals surface area contributed by atoms with E-state index in [1.54, 1.807) is 24.3 Å². The van der Waals surface area contributed by atoms with Gasteiger partial charge in [-0.05, 0) is 73.9 Å². The molecule has 0 saturated carbocycles. The Balaban J connectivity index is 1.73. The number of hydrogen-bond donors (Lipinski definition) is 1. The number of benzene rings is 3. The van der Waals surface area contributed by atoms with Crippen LogP contribution in [0.25, 0.3) is 0 Å². The van der Waals surface area contributed by atoms with Crippen molar-refractivity contribution in [3.63, 3.8) is 0 Å². The molecular formula is C32H34Cl2O5. The molecule has 5 nitrogen and oxygen atoms in total. The van der Waals surface area contributed by atoms with Gasteiger partial charge >= 0.3 is 5.97 Å². The van der Waals surface area contributed by atoms with Crippen LogP contribution in [0.3, 0.4) is 0 Å². The molecule has 1 heterocycles. The van der Waals surface area contributed by atoms with Crippen molar-refractivity contribution in [2.24, 2.45) is 5.92 Å². The molecule has 0 spiro atoms. The van der Waals surface area contributed by atoms with Gasteiger partial charge in [0.25, 0.3) is 0 Å². The first kappa shape index (κ1) is 29.0. The van der Waals surface area contributed by atoms with Crippen molar-refractivity contribution in [2.45, 2.75) is 57.7 Å². The van der Waals surface area contributed by atoms with Gasteiger partial charge in [-0.15, -0.1) is 0 Å². The van der Waals surface area contributed by atoms with Gasteiger partial charge in [-0.3, -0.25) is 0 Å². The lowest BCUT2D eigenvalue weighted by atomic mass is 9.74. The zero-order chi connectivity index (χ0) is 27.9. The van der Waals surface area contributed by atoms with Crippen molar-refractivity contribution in [1.29, 1.82) is 0 Å². The van der Waals surface area contributed by atoms with Crippen molar-refractivity contribution in [3.05, 3.63) is 100 Å². The number of ether oxygens (including phenoxy) is 3. The van der Waals surface area contributed by atoms with Crippen molar-refractivity contribution >= 4 is 29.2 Å². The van der Waals surface area contributed by atoms with Crippen LogP contribution in [0.2, 0.25) is 10.0 Å². The minimum absolute atomic E-state index is 0.0304. The van der Waals surface area contributed by atoms with E-state index >= 15 is 0 Å². The Morgan fingerprint density at radius 2 is 1.79 bits per heavy atom. The second-order valence-corrected chi connectivity index (χ2v) is 10.9. The Hall–Kier alpha value is -2.99. The van der Waals surface area contributed by atoms with E-state index in [0.29, 0.717) is 27.3 Å². The maximum atomic E-state index is 11.3. The van der Waals surface area contributed by atoms with Gasteiger partial charge in [-0.1, -0.05) is 73.3 Å². The molecule has 0 unspecified atom stereocenters. The smallest absolute Gasteiger partial charge is 0.341 e. The first-order valence-electron chi connectivity index (χ1n) is 13.2. The third-order valence-electron chi connectivity index (χ3n) is 7.09. The highest BCUT2D eigenvalue weighted by atomic mass is 35.5. The van der Waals surface area contributed by atoms with Gasteiger partial charge in [0, 0.05) is 27.4 Å². The molecule has 7 heteroatoms. The van der Waals surface area contributed by atoms with Crippen LogP contribution in [-0.4, -0.2) is 23.8 Å². The predicted molar refractivity (Wildman–Crippen MR) is 155 cm³/mol. The standard InChI is InChI=1S/C32H34Cl2O5/c1-4-5-9-30-27(21-10-12-22(33)13-11-21)18-26(20(2)3)32(39-30)28-17-25(14-15-29(28)37-19-31(35)36)38-24-8-6-7-23(34)16-24/h6-8,10-17,26-27,30,32H,2,4-5,9,18-19H2,1,3H3,(H,35,36)/t26-,27-,30+,32+/m0/s1. The van der Waals surface area contributed by atoms with Crippen LogP contribution < -0.4 is 9.47 Å². The van der Waals surface area contributed by atoms with E-state index < -0.39 is 12.6 Å². The fraction of sp³-hybridized carbons (Fsp3) is 0.344. The largest absolute Gasteiger partial charge is 0.482 e. The molecule has 1 saturated heterocycles. The van der Waals surface area contributed by atoms with Gasteiger partial charge in [0.15, 0.2) is 6.61 Å². The second-order valence-electron chi connectivity index (χ2n) is 10.0. The summed E-state index contributed by atoms with van der Waals surface area (Å²) in [6.45, 7) is 8.03. The quantitative estimate of drug-likeness (QED) is 0.233. The Morgan fingerprint density at radius 1 is 1.05 bits per heavy atom. The molecule has 3 aromatic carbocycles. The fourth-order valence-electron chi connectivity index (χ4n) is 5.16. The van der Waals surface area contributed by atoms with Crippen LogP contribution in [0.15, 0.2) is 78.9 Å². The molecule has 0 bridgehead atoms. The molecule has 39 heavy (non-hydrogen) atoms. The topological polar surface area (TPSA) is 65.0 Å². The molecule has 0 aliphatic carbocycles. The third-order valence-corrected chi connectivity index (χ3v) is 7.57. The normalized spacial score (nSPS) is 20.8. The SMILES string of the molecule is C=C(C)[C@@H]1C[C@@H](c2ccc(Cl)cc2)[C@@H](CCCC)O[C@H]1c1cc(Oc2cccc(Cl)c2)ccc1OCC(=O)O. The summed E-state index contributed by atoms with van der Waals surface area (Å²) in [5, 5.41) is 10.6. The van der Waals surface area contributed by atoms with E-state index in [9.17, 15) is 9.90 Å². The van der Waals surface area contributed by atoms with Crippen LogP contribution in [0.5, 0.6) is 17.2 Å². The molecule has 3 aromatic rings. The van der Waals surface area contributed by atoms with Crippen LogP contribution in [0.1, 0.15) is 62.7 Å².